The highest BCUT2D eigenvalue weighted by atomic mass is 16.3. The fraction of sp³-hybridized carbons (Fsp3) is 0.562. The van der Waals surface area contributed by atoms with Gasteiger partial charge in [-0.15, -0.1) is 0 Å². The van der Waals surface area contributed by atoms with Crippen LogP contribution in [0.5, 0.6) is 0 Å². The third kappa shape index (κ3) is 2.86. The maximum absolute atomic E-state index is 12.4. The molecule has 1 heterocycles. The lowest BCUT2D eigenvalue weighted by molar-refractivity contribution is 0.0548. The third-order valence-corrected chi connectivity index (χ3v) is 4.22. The monoisotopic (exact) mass is 277 g/mol. The Kier molecular flexibility index (Phi) is 4.45. The van der Waals surface area contributed by atoms with Gasteiger partial charge in [-0.1, -0.05) is 26.0 Å². The molecule has 2 rings (SSSR count). The van der Waals surface area contributed by atoms with Gasteiger partial charge in [0.1, 0.15) is 0 Å². The van der Waals surface area contributed by atoms with Crippen molar-refractivity contribution >= 4 is 5.91 Å². The molecule has 1 fully saturated rings. The second kappa shape index (κ2) is 5.94. The summed E-state index contributed by atoms with van der Waals surface area (Å²) < 4.78 is 0. The summed E-state index contributed by atoms with van der Waals surface area (Å²) in [5, 5.41) is 18.8. The second-order valence-electron chi connectivity index (χ2n) is 6.07. The van der Waals surface area contributed by atoms with E-state index in [-0.39, 0.29) is 19.1 Å². The molecule has 1 aromatic carbocycles. The van der Waals surface area contributed by atoms with Crippen molar-refractivity contribution in [2.24, 2.45) is 5.41 Å². The van der Waals surface area contributed by atoms with Gasteiger partial charge in [0, 0.05) is 24.1 Å². The van der Waals surface area contributed by atoms with Crippen LogP contribution < -0.4 is 0 Å². The second-order valence-corrected chi connectivity index (χ2v) is 6.07. The summed E-state index contributed by atoms with van der Waals surface area (Å²) in [5.74, 6) is 0.423. The Morgan fingerprint density at radius 2 is 1.85 bits per heavy atom. The number of hydrogen-bond acceptors (Lipinski definition) is 3. The minimum atomic E-state index is -0.534. The molecule has 4 heteroatoms. The van der Waals surface area contributed by atoms with Gasteiger partial charge in [-0.25, -0.2) is 0 Å². The van der Waals surface area contributed by atoms with E-state index in [1.165, 1.54) is 5.56 Å². The lowest BCUT2D eigenvalue weighted by atomic mass is 9.89. The summed E-state index contributed by atoms with van der Waals surface area (Å²) in [5.41, 5.74) is 1.34. The van der Waals surface area contributed by atoms with Crippen molar-refractivity contribution in [1.29, 1.82) is 0 Å². The minimum Gasteiger partial charge on any atom is -0.396 e. The van der Waals surface area contributed by atoms with Gasteiger partial charge in [-0.3, -0.25) is 4.79 Å². The molecule has 1 aliphatic rings. The van der Waals surface area contributed by atoms with E-state index in [9.17, 15) is 15.0 Å². The predicted octanol–water partition coefficient (Wildman–Crippen LogP) is 1.63. The molecule has 0 bridgehead atoms. The number of carbonyl (C=O) groups is 1. The number of rotatable bonds is 4. The molecule has 1 aromatic rings. The summed E-state index contributed by atoms with van der Waals surface area (Å²) in [4.78, 5) is 14.1. The van der Waals surface area contributed by atoms with Crippen LogP contribution in [0.1, 0.15) is 42.1 Å². The molecule has 0 spiro atoms. The van der Waals surface area contributed by atoms with Crippen molar-refractivity contribution in [3.05, 3.63) is 35.4 Å². The van der Waals surface area contributed by atoms with E-state index in [0.29, 0.717) is 31.0 Å². The maximum atomic E-state index is 12.4. The molecule has 20 heavy (non-hydrogen) atoms. The van der Waals surface area contributed by atoms with Crippen molar-refractivity contribution in [3.63, 3.8) is 0 Å². The molecule has 1 amide bonds. The number of nitrogens with zero attached hydrogens (tertiary/aromatic N) is 1. The maximum Gasteiger partial charge on any atom is 0.253 e. The van der Waals surface area contributed by atoms with Crippen LogP contribution in [-0.4, -0.2) is 47.3 Å². The van der Waals surface area contributed by atoms with Crippen LogP contribution in [0.15, 0.2) is 24.3 Å². The fourth-order valence-corrected chi connectivity index (χ4v) is 2.61. The van der Waals surface area contributed by atoms with E-state index in [4.69, 9.17) is 0 Å². The first kappa shape index (κ1) is 15.0. The van der Waals surface area contributed by atoms with Crippen LogP contribution in [0.3, 0.4) is 0 Å². The van der Waals surface area contributed by atoms with E-state index < -0.39 is 5.41 Å². The van der Waals surface area contributed by atoms with Crippen LogP contribution in [0.25, 0.3) is 0 Å². The van der Waals surface area contributed by atoms with E-state index in [1.54, 1.807) is 4.90 Å². The Labute approximate surface area is 120 Å². The van der Waals surface area contributed by atoms with Crippen molar-refractivity contribution in [3.8, 4) is 0 Å². The van der Waals surface area contributed by atoms with E-state index >= 15 is 0 Å². The summed E-state index contributed by atoms with van der Waals surface area (Å²) in [6.45, 7) is 5.08. The zero-order chi connectivity index (χ0) is 14.8. The van der Waals surface area contributed by atoms with Crippen LogP contribution in [0.2, 0.25) is 0 Å². The number of hydrogen-bond donors (Lipinski definition) is 2. The first-order valence-corrected chi connectivity index (χ1v) is 7.12. The molecule has 1 saturated heterocycles. The van der Waals surface area contributed by atoms with Crippen molar-refractivity contribution < 1.29 is 15.0 Å². The van der Waals surface area contributed by atoms with Gasteiger partial charge in [0.15, 0.2) is 0 Å². The number of aliphatic hydroxyl groups is 2. The van der Waals surface area contributed by atoms with Crippen LogP contribution >= 0.6 is 0 Å². The van der Waals surface area contributed by atoms with Gasteiger partial charge in [-0.05, 0) is 30.0 Å². The quantitative estimate of drug-likeness (QED) is 0.879. The smallest absolute Gasteiger partial charge is 0.253 e. The molecule has 0 aliphatic carbocycles. The average molecular weight is 277 g/mol. The summed E-state index contributed by atoms with van der Waals surface area (Å²) >= 11 is 0. The molecular weight excluding hydrogens is 254 g/mol. The van der Waals surface area contributed by atoms with Gasteiger partial charge in [-0.2, -0.15) is 0 Å². The first-order chi connectivity index (χ1) is 9.51. The Balaban J connectivity index is 2.09. The molecule has 0 unspecified atom stereocenters. The molecule has 0 atom stereocenters. The highest BCUT2D eigenvalue weighted by molar-refractivity contribution is 5.94. The largest absolute Gasteiger partial charge is 0.396 e. The zero-order valence-electron chi connectivity index (χ0n) is 12.2. The highest BCUT2D eigenvalue weighted by Gasteiger charge is 2.39. The summed E-state index contributed by atoms with van der Waals surface area (Å²) in [6.07, 6.45) is 0.649. The first-order valence-electron chi connectivity index (χ1n) is 7.12. The molecule has 0 aromatic heterocycles. The summed E-state index contributed by atoms with van der Waals surface area (Å²) in [7, 11) is 0. The average Bonchev–Trinajstić information content (AvgIpc) is 2.92. The summed E-state index contributed by atoms with van der Waals surface area (Å²) in [6, 6.07) is 7.68. The normalized spacial score (nSPS) is 17.8. The third-order valence-electron chi connectivity index (χ3n) is 4.22. The fourth-order valence-electron chi connectivity index (χ4n) is 2.61. The van der Waals surface area contributed by atoms with Crippen molar-refractivity contribution in [2.45, 2.75) is 26.2 Å². The standard InChI is InChI=1S/C16H23NO3/c1-12(2)13-3-5-14(6-4-13)15(20)17-8-7-16(9-17,10-18)11-19/h3-6,12,18-19H,7-11H2,1-2H3. The minimum absolute atomic E-state index is 0.0240. The topological polar surface area (TPSA) is 60.8 Å². The van der Waals surface area contributed by atoms with Crippen LogP contribution in [0.4, 0.5) is 0 Å². The van der Waals surface area contributed by atoms with Crippen LogP contribution in [-0.2, 0) is 0 Å². The Morgan fingerprint density at radius 3 is 2.30 bits per heavy atom. The van der Waals surface area contributed by atoms with E-state index in [2.05, 4.69) is 13.8 Å². The van der Waals surface area contributed by atoms with Crippen molar-refractivity contribution in [2.75, 3.05) is 26.3 Å². The number of carbonyl (C=O) groups excluding carboxylic acids is 1. The van der Waals surface area contributed by atoms with Gasteiger partial charge in [0.2, 0.25) is 0 Å². The Bertz CT molecular complexity index is 463. The van der Waals surface area contributed by atoms with E-state index in [0.717, 1.165) is 0 Å². The highest BCUT2D eigenvalue weighted by Crippen LogP contribution is 2.30. The Morgan fingerprint density at radius 1 is 1.25 bits per heavy atom. The lowest BCUT2D eigenvalue weighted by Gasteiger charge is -2.24. The van der Waals surface area contributed by atoms with Crippen molar-refractivity contribution in [1.82, 2.24) is 4.90 Å². The van der Waals surface area contributed by atoms with Gasteiger partial charge >= 0.3 is 0 Å². The molecule has 4 nitrogen and oxygen atoms in total. The molecule has 110 valence electrons. The van der Waals surface area contributed by atoms with Crippen LogP contribution in [0, 0.1) is 5.41 Å². The van der Waals surface area contributed by atoms with E-state index in [1.807, 2.05) is 24.3 Å². The molecular formula is C16H23NO3. The van der Waals surface area contributed by atoms with Gasteiger partial charge < -0.3 is 15.1 Å². The molecule has 2 N–H and O–H groups in total. The SMILES string of the molecule is CC(C)c1ccc(C(=O)N2CCC(CO)(CO)C2)cc1. The molecule has 1 aliphatic heterocycles. The number of likely N-dealkylation sites (tertiary alicyclic amines) is 1. The van der Waals surface area contributed by atoms with Gasteiger partial charge in [0.05, 0.1) is 13.2 Å². The zero-order valence-corrected chi connectivity index (χ0v) is 12.2. The molecule has 0 saturated carbocycles. The Hall–Kier alpha value is -1.39. The molecule has 0 radical (unpaired) electrons. The number of benzene rings is 1. The number of aliphatic hydroxyl groups excluding tert-OH is 2. The van der Waals surface area contributed by atoms with Gasteiger partial charge in [0.25, 0.3) is 5.91 Å². The lowest BCUT2D eigenvalue weighted by Crippen LogP contribution is -2.36. The predicted molar refractivity (Wildman–Crippen MR) is 77.7 cm³/mol. The number of amides is 1.